The summed E-state index contributed by atoms with van der Waals surface area (Å²) in [4.78, 5) is 16.2. The van der Waals surface area contributed by atoms with Gasteiger partial charge in [-0.15, -0.1) is 0 Å². The number of alkyl halides is 2. The normalized spacial score (nSPS) is 10.4. The molecule has 0 atom stereocenters. The highest BCUT2D eigenvalue weighted by molar-refractivity contribution is 6.05. The summed E-state index contributed by atoms with van der Waals surface area (Å²) < 4.78 is 33.6. The van der Waals surface area contributed by atoms with Crippen molar-refractivity contribution in [2.45, 2.75) is 13.5 Å². The van der Waals surface area contributed by atoms with Crippen LogP contribution in [-0.4, -0.2) is 24.1 Å². The van der Waals surface area contributed by atoms with E-state index in [1.807, 2.05) is 0 Å². The number of nitrogens with one attached hydrogen (secondary N) is 1. The highest BCUT2D eigenvalue weighted by Crippen LogP contribution is 2.20. The summed E-state index contributed by atoms with van der Waals surface area (Å²) >= 11 is 0. The summed E-state index contributed by atoms with van der Waals surface area (Å²) in [5.41, 5.74) is 0.732. The second-order valence-corrected chi connectivity index (χ2v) is 4.15. The van der Waals surface area contributed by atoms with Crippen molar-refractivity contribution in [2.24, 2.45) is 0 Å². The lowest BCUT2D eigenvalue weighted by Crippen LogP contribution is -2.14. The van der Waals surface area contributed by atoms with Crippen LogP contribution in [0.15, 0.2) is 42.6 Å². The van der Waals surface area contributed by atoms with Gasteiger partial charge >= 0.3 is 6.61 Å². The molecule has 0 unspecified atom stereocenters. The average Bonchev–Trinajstić information content (AvgIpc) is 2.49. The predicted molar refractivity (Wildman–Crippen MR) is 76.4 cm³/mol. The molecule has 0 bridgehead atoms. The summed E-state index contributed by atoms with van der Waals surface area (Å²) in [7, 11) is 0. The molecule has 0 radical (unpaired) electrons. The maximum absolute atomic E-state index is 12.2. The fourth-order valence-corrected chi connectivity index (χ4v) is 1.73. The molecule has 0 aliphatic carbocycles. The van der Waals surface area contributed by atoms with Crippen molar-refractivity contribution >= 4 is 11.6 Å². The Morgan fingerprint density at radius 3 is 2.64 bits per heavy atom. The molecule has 5 nitrogen and oxygen atoms in total. The van der Waals surface area contributed by atoms with Crippen molar-refractivity contribution in [2.75, 3.05) is 11.9 Å². The molecular weight excluding hydrogens is 294 g/mol. The van der Waals surface area contributed by atoms with Crippen molar-refractivity contribution in [1.82, 2.24) is 4.98 Å². The largest absolute Gasteiger partial charge is 0.477 e. The number of hydrogen-bond acceptors (Lipinski definition) is 4. The lowest BCUT2D eigenvalue weighted by molar-refractivity contribution is -0.0498. The van der Waals surface area contributed by atoms with Gasteiger partial charge in [-0.2, -0.15) is 8.78 Å². The van der Waals surface area contributed by atoms with E-state index >= 15 is 0 Å². The summed E-state index contributed by atoms with van der Waals surface area (Å²) in [6.45, 7) is -0.709. The van der Waals surface area contributed by atoms with E-state index in [0.717, 1.165) is 0 Å². The van der Waals surface area contributed by atoms with E-state index in [2.05, 4.69) is 15.0 Å². The summed E-state index contributed by atoms with van der Waals surface area (Å²) in [6.07, 6.45) is 1.53. The van der Waals surface area contributed by atoms with Gasteiger partial charge in [0, 0.05) is 11.9 Å². The third-order valence-electron chi connectivity index (χ3n) is 2.63. The molecule has 7 heteroatoms. The smallest absolute Gasteiger partial charge is 0.387 e. The predicted octanol–water partition coefficient (Wildman–Crippen LogP) is 3.33. The molecule has 0 saturated carbocycles. The molecule has 1 aromatic heterocycles. The molecule has 0 aliphatic rings. The van der Waals surface area contributed by atoms with Gasteiger partial charge < -0.3 is 14.8 Å². The Balaban J connectivity index is 2.09. The molecule has 1 aromatic carbocycles. The molecule has 22 heavy (non-hydrogen) atoms. The number of halogens is 2. The maximum Gasteiger partial charge on any atom is 0.387 e. The van der Waals surface area contributed by atoms with Crippen molar-refractivity contribution in [3.8, 4) is 11.6 Å². The zero-order chi connectivity index (χ0) is 15.9. The number of anilines is 1. The molecular formula is C15H14F2N2O3. The maximum atomic E-state index is 12.2. The van der Waals surface area contributed by atoms with E-state index in [-0.39, 0.29) is 17.2 Å². The Kier molecular flexibility index (Phi) is 5.24. The zero-order valence-corrected chi connectivity index (χ0v) is 11.8. The van der Waals surface area contributed by atoms with Crippen LogP contribution in [0.1, 0.15) is 17.3 Å². The van der Waals surface area contributed by atoms with Crippen molar-refractivity contribution in [1.29, 1.82) is 0 Å². The first-order chi connectivity index (χ1) is 10.6. The van der Waals surface area contributed by atoms with Crippen molar-refractivity contribution < 1.29 is 23.0 Å². The quantitative estimate of drug-likeness (QED) is 0.889. The van der Waals surface area contributed by atoms with Crippen LogP contribution in [0.4, 0.5) is 14.5 Å². The van der Waals surface area contributed by atoms with Crippen LogP contribution in [0.25, 0.3) is 0 Å². The van der Waals surface area contributed by atoms with Crippen molar-refractivity contribution in [3.63, 3.8) is 0 Å². The number of aromatic nitrogens is 1. The van der Waals surface area contributed by atoms with Gasteiger partial charge in [-0.1, -0.05) is 0 Å². The number of carbonyl (C=O) groups is 1. The molecule has 0 fully saturated rings. The van der Waals surface area contributed by atoms with Crippen LogP contribution in [0.5, 0.6) is 11.6 Å². The molecule has 2 rings (SSSR count). The monoisotopic (exact) mass is 308 g/mol. The fraction of sp³-hybridized carbons (Fsp3) is 0.200. The van der Waals surface area contributed by atoms with Gasteiger partial charge in [0.2, 0.25) is 5.88 Å². The van der Waals surface area contributed by atoms with Gasteiger partial charge in [-0.3, -0.25) is 4.79 Å². The Hall–Kier alpha value is -2.70. The minimum absolute atomic E-state index is 0.0179. The minimum Gasteiger partial charge on any atom is -0.477 e. The number of rotatable bonds is 6. The number of ether oxygens (including phenoxy) is 2. The van der Waals surface area contributed by atoms with E-state index in [1.54, 1.807) is 19.1 Å². The van der Waals surface area contributed by atoms with Gasteiger partial charge in [0.05, 0.1) is 6.61 Å². The molecule has 0 saturated heterocycles. The minimum atomic E-state index is -2.88. The van der Waals surface area contributed by atoms with Gasteiger partial charge in [0.25, 0.3) is 5.91 Å². The van der Waals surface area contributed by atoms with Crippen LogP contribution >= 0.6 is 0 Å². The molecule has 1 N–H and O–H groups in total. The Morgan fingerprint density at radius 2 is 2.00 bits per heavy atom. The number of nitrogens with zero attached hydrogens (tertiary/aromatic N) is 1. The first kappa shape index (κ1) is 15.7. The average molecular weight is 308 g/mol. The number of hydrogen-bond donors (Lipinski definition) is 1. The third-order valence-corrected chi connectivity index (χ3v) is 2.63. The van der Waals surface area contributed by atoms with Crippen LogP contribution in [0.3, 0.4) is 0 Å². The molecule has 116 valence electrons. The van der Waals surface area contributed by atoms with Crippen LogP contribution in [-0.2, 0) is 0 Å². The van der Waals surface area contributed by atoms with E-state index in [0.29, 0.717) is 12.3 Å². The molecule has 1 heterocycles. The van der Waals surface area contributed by atoms with Crippen LogP contribution < -0.4 is 14.8 Å². The first-order valence-corrected chi connectivity index (χ1v) is 6.54. The Labute approximate surface area is 125 Å². The highest BCUT2D eigenvalue weighted by Gasteiger charge is 2.13. The lowest BCUT2D eigenvalue weighted by atomic mass is 10.2. The summed E-state index contributed by atoms with van der Waals surface area (Å²) in [5.74, 6) is -0.149. The van der Waals surface area contributed by atoms with Crippen LogP contribution in [0.2, 0.25) is 0 Å². The Morgan fingerprint density at radius 1 is 1.27 bits per heavy atom. The van der Waals surface area contributed by atoms with E-state index in [9.17, 15) is 13.6 Å². The number of amides is 1. The van der Waals surface area contributed by atoms with Crippen molar-refractivity contribution in [3.05, 3.63) is 48.2 Å². The van der Waals surface area contributed by atoms with Gasteiger partial charge in [0.15, 0.2) is 0 Å². The number of pyridine rings is 1. The zero-order valence-electron chi connectivity index (χ0n) is 11.8. The molecule has 2 aromatic rings. The van der Waals surface area contributed by atoms with Crippen LogP contribution in [0, 0.1) is 0 Å². The lowest BCUT2D eigenvalue weighted by Gasteiger charge is -2.10. The number of carbonyl (C=O) groups excluding carboxylic acids is 1. The van der Waals surface area contributed by atoms with E-state index in [1.165, 1.54) is 30.5 Å². The molecule has 1 amide bonds. The second-order valence-electron chi connectivity index (χ2n) is 4.15. The Bertz CT molecular complexity index is 633. The van der Waals surface area contributed by atoms with E-state index < -0.39 is 12.5 Å². The number of benzene rings is 1. The fourth-order valence-electron chi connectivity index (χ4n) is 1.73. The summed E-state index contributed by atoms with van der Waals surface area (Å²) in [5, 5.41) is 2.64. The first-order valence-electron chi connectivity index (χ1n) is 6.54. The van der Waals surface area contributed by atoms with E-state index in [4.69, 9.17) is 4.74 Å². The topological polar surface area (TPSA) is 60.5 Å². The second kappa shape index (κ2) is 7.35. The molecule has 0 spiro atoms. The SMILES string of the molecule is CCOc1ncccc1C(=O)Nc1ccc(OC(F)F)cc1. The molecule has 0 aliphatic heterocycles. The van der Waals surface area contributed by atoms with Gasteiger partial charge in [-0.25, -0.2) is 4.98 Å². The van der Waals surface area contributed by atoms with Gasteiger partial charge in [-0.05, 0) is 43.3 Å². The highest BCUT2D eigenvalue weighted by atomic mass is 19.3. The third kappa shape index (κ3) is 4.15. The van der Waals surface area contributed by atoms with Gasteiger partial charge in [0.1, 0.15) is 11.3 Å². The standard InChI is InChI=1S/C15H14F2N2O3/c1-2-21-14-12(4-3-9-18-14)13(20)19-10-5-7-11(8-6-10)22-15(16)17/h3-9,15H,2H2,1H3,(H,19,20). The summed E-state index contributed by atoms with van der Waals surface area (Å²) in [6, 6.07) is 8.82.